The molecule has 0 aromatic heterocycles. The lowest BCUT2D eigenvalue weighted by Crippen LogP contribution is -2.29. The summed E-state index contributed by atoms with van der Waals surface area (Å²) in [7, 11) is 0. The summed E-state index contributed by atoms with van der Waals surface area (Å²) in [6, 6.07) is 0. The molecule has 1 nitrogen and oxygen atoms in total. The van der Waals surface area contributed by atoms with E-state index in [1.54, 1.807) is 0 Å². The number of aliphatic hydroxyl groups is 1. The number of aliphatic hydroxyl groups excluding tert-OH is 1. The minimum atomic E-state index is -4.05. The highest BCUT2D eigenvalue weighted by Gasteiger charge is 2.31. The van der Waals surface area contributed by atoms with Gasteiger partial charge in [-0.15, -0.1) is 0 Å². The first-order valence-electron chi connectivity index (χ1n) is 6.67. The van der Waals surface area contributed by atoms with Crippen molar-refractivity contribution in [2.24, 2.45) is 11.8 Å². The molecule has 0 amide bonds. The van der Waals surface area contributed by atoms with E-state index in [1.165, 1.54) is 0 Å². The van der Waals surface area contributed by atoms with E-state index in [1.807, 2.05) is 0 Å². The van der Waals surface area contributed by atoms with Crippen LogP contribution in [0.4, 0.5) is 13.2 Å². The topological polar surface area (TPSA) is 20.2 Å². The summed E-state index contributed by atoms with van der Waals surface area (Å²) in [5, 5.41) is 9.80. The van der Waals surface area contributed by atoms with Crippen molar-refractivity contribution in [3.63, 3.8) is 0 Å². The van der Waals surface area contributed by atoms with Crippen LogP contribution in [0.3, 0.4) is 0 Å². The maximum atomic E-state index is 12.0. The van der Waals surface area contributed by atoms with Gasteiger partial charge in [-0.2, -0.15) is 13.2 Å². The maximum absolute atomic E-state index is 12.0. The van der Waals surface area contributed by atoms with Crippen LogP contribution in [-0.2, 0) is 0 Å². The van der Waals surface area contributed by atoms with Gasteiger partial charge in [0.05, 0.1) is 6.10 Å². The minimum Gasteiger partial charge on any atom is -0.393 e. The fraction of sp³-hybridized carbons (Fsp3) is 1.00. The van der Waals surface area contributed by atoms with Crippen LogP contribution >= 0.6 is 0 Å². The van der Waals surface area contributed by atoms with E-state index in [9.17, 15) is 18.3 Å². The third-order valence-electron chi connectivity index (χ3n) is 3.78. The van der Waals surface area contributed by atoms with Crippen molar-refractivity contribution in [1.29, 1.82) is 0 Å². The molecule has 1 fully saturated rings. The molecule has 3 atom stereocenters. The Morgan fingerprint density at radius 1 is 1.18 bits per heavy atom. The molecule has 0 aromatic carbocycles. The van der Waals surface area contributed by atoms with E-state index in [0.717, 1.165) is 32.1 Å². The van der Waals surface area contributed by atoms with Crippen LogP contribution in [0.1, 0.15) is 58.3 Å². The molecule has 3 unspecified atom stereocenters. The lowest BCUT2D eigenvalue weighted by Gasteiger charge is -2.33. The second-order valence-electron chi connectivity index (χ2n) is 5.30. The average molecular weight is 252 g/mol. The predicted molar refractivity (Wildman–Crippen MR) is 61.7 cm³/mol. The van der Waals surface area contributed by atoms with Crippen LogP contribution in [-0.4, -0.2) is 17.4 Å². The van der Waals surface area contributed by atoms with E-state index < -0.39 is 12.6 Å². The summed E-state index contributed by atoms with van der Waals surface area (Å²) in [4.78, 5) is 0. The molecule has 1 aliphatic carbocycles. The van der Waals surface area contributed by atoms with Gasteiger partial charge in [0.25, 0.3) is 0 Å². The van der Waals surface area contributed by atoms with Crippen LogP contribution < -0.4 is 0 Å². The number of hydrogen-bond donors (Lipinski definition) is 1. The molecule has 1 rings (SSSR count). The largest absolute Gasteiger partial charge is 0.393 e. The molecule has 0 aromatic rings. The Bertz CT molecular complexity index is 215. The number of hydrogen-bond acceptors (Lipinski definition) is 1. The van der Waals surface area contributed by atoms with Crippen LogP contribution in [0.5, 0.6) is 0 Å². The Morgan fingerprint density at radius 3 is 2.47 bits per heavy atom. The van der Waals surface area contributed by atoms with Crippen molar-refractivity contribution < 1.29 is 18.3 Å². The van der Waals surface area contributed by atoms with Gasteiger partial charge in [0.2, 0.25) is 0 Å². The molecule has 4 heteroatoms. The van der Waals surface area contributed by atoms with Crippen molar-refractivity contribution in [3.05, 3.63) is 0 Å². The minimum absolute atomic E-state index is 0.0858. The van der Waals surface area contributed by atoms with Crippen LogP contribution in [0.25, 0.3) is 0 Å². The lowest BCUT2D eigenvalue weighted by molar-refractivity contribution is -0.136. The second-order valence-corrected chi connectivity index (χ2v) is 5.30. The monoisotopic (exact) mass is 252 g/mol. The van der Waals surface area contributed by atoms with E-state index in [4.69, 9.17) is 0 Å². The van der Waals surface area contributed by atoms with Gasteiger partial charge in [-0.3, -0.25) is 0 Å². The summed E-state index contributed by atoms with van der Waals surface area (Å²) in [6.07, 6.45) is 0.496. The molecule has 0 saturated heterocycles. The van der Waals surface area contributed by atoms with Crippen LogP contribution in [0, 0.1) is 11.8 Å². The first-order chi connectivity index (χ1) is 7.92. The van der Waals surface area contributed by atoms with Gasteiger partial charge in [0.1, 0.15) is 0 Å². The van der Waals surface area contributed by atoms with Crippen molar-refractivity contribution in [1.82, 2.24) is 0 Å². The number of halogens is 3. The third kappa shape index (κ3) is 5.75. The quantitative estimate of drug-likeness (QED) is 0.773. The molecule has 0 bridgehead atoms. The Morgan fingerprint density at radius 2 is 1.88 bits per heavy atom. The summed E-state index contributed by atoms with van der Waals surface area (Å²) in [6.45, 7) is 2.13. The van der Waals surface area contributed by atoms with Crippen molar-refractivity contribution in [2.45, 2.75) is 70.6 Å². The third-order valence-corrected chi connectivity index (χ3v) is 3.78. The summed E-state index contributed by atoms with van der Waals surface area (Å²) >= 11 is 0. The zero-order chi connectivity index (χ0) is 12.9. The van der Waals surface area contributed by atoms with E-state index in [2.05, 4.69) is 6.92 Å². The maximum Gasteiger partial charge on any atom is 0.389 e. The van der Waals surface area contributed by atoms with Crippen molar-refractivity contribution in [2.75, 3.05) is 0 Å². The SMILES string of the molecule is CCCC1CCC(O)C(CCCC(F)(F)F)C1. The van der Waals surface area contributed by atoms with Crippen LogP contribution in [0.15, 0.2) is 0 Å². The second kappa shape index (κ2) is 6.62. The van der Waals surface area contributed by atoms with E-state index in [0.29, 0.717) is 12.3 Å². The first-order valence-corrected chi connectivity index (χ1v) is 6.67. The summed E-state index contributed by atoms with van der Waals surface area (Å²) in [5.41, 5.74) is 0. The molecule has 0 spiro atoms. The molecule has 0 heterocycles. The van der Waals surface area contributed by atoms with Crippen molar-refractivity contribution >= 4 is 0 Å². The smallest absolute Gasteiger partial charge is 0.389 e. The molecule has 17 heavy (non-hydrogen) atoms. The number of alkyl halides is 3. The van der Waals surface area contributed by atoms with Gasteiger partial charge >= 0.3 is 6.18 Å². The van der Waals surface area contributed by atoms with Crippen LogP contribution in [0.2, 0.25) is 0 Å². The van der Waals surface area contributed by atoms with Gasteiger partial charge in [-0.05, 0) is 43.9 Å². The van der Waals surface area contributed by atoms with Gasteiger partial charge in [0, 0.05) is 6.42 Å². The Balaban J connectivity index is 2.29. The molecular weight excluding hydrogens is 229 g/mol. The number of rotatable bonds is 5. The summed E-state index contributed by atoms with van der Waals surface area (Å²) < 4.78 is 36.1. The Hall–Kier alpha value is -0.250. The molecule has 1 N–H and O–H groups in total. The standard InChI is InChI=1S/C13H23F3O/c1-2-4-10-6-7-12(17)11(9-10)5-3-8-13(14,15)16/h10-12,17H,2-9H2,1H3. The highest BCUT2D eigenvalue weighted by molar-refractivity contribution is 4.79. The fourth-order valence-electron chi connectivity index (χ4n) is 2.89. The van der Waals surface area contributed by atoms with E-state index >= 15 is 0 Å². The first kappa shape index (κ1) is 14.8. The average Bonchev–Trinajstić information content (AvgIpc) is 2.21. The fourth-order valence-corrected chi connectivity index (χ4v) is 2.89. The zero-order valence-electron chi connectivity index (χ0n) is 10.5. The lowest BCUT2D eigenvalue weighted by atomic mass is 9.76. The van der Waals surface area contributed by atoms with Gasteiger partial charge < -0.3 is 5.11 Å². The zero-order valence-corrected chi connectivity index (χ0v) is 10.5. The predicted octanol–water partition coefficient (Wildman–Crippen LogP) is 4.30. The molecule has 0 aliphatic heterocycles. The molecule has 0 radical (unpaired) electrons. The molecule has 102 valence electrons. The Kier molecular flexibility index (Phi) is 5.77. The normalized spacial score (nSPS) is 30.5. The molecular formula is C13H23F3O. The van der Waals surface area contributed by atoms with Gasteiger partial charge in [0.15, 0.2) is 0 Å². The molecule has 1 aliphatic rings. The highest BCUT2D eigenvalue weighted by Crippen LogP contribution is 2.35. The van der Waals surface area contributed by atoms with Gasteiger partial charge in [-0.1, -0.05) is 19.8 Å². The van der Waals surface area contributed by atoms with Gasteiger partial charge in [-0.25, -0.2) is 0 Å². The highest BCUT2D eigenvalue weighted by atomic mass is 19.4. The van der Waals surface area contributed by atoms with Crippen molar-refractivity contribution in [3.8, 4) is 0 Å². The Labute approximate surface area is 101 Å². The summed E-state index contributed by atoms with van der Waals surface area (Å²) in [5.74, 6) is 0.696. The molecule has 1 saturated carbocycles. The van der Waals surface area contributed by atoms with E-state index in [-0.39, 0.29) is 18.4 Å².